The number of aryl methyl sites for hydroxylation is 1. The Morgan fingerprint density at radius 2 is 2.25 bits per heavy atom. The van der Waals surface area contributed by atoms with E-state index in [4.69, 9.17) is 10.00 Å². The van der Waals surface area contributed by atoms with E-state index in [1.54, 1.807) is 6.20 Å². The van der Waals surface area contributed by atoms with E-state index in [1.807, 2.05) is 6.07 Å². The Bertz CT molecular complexity index is 405. The zero-order valence-electron chi connectivity index (χ0n) is 9.44. The first-order chi connectivity index (χ1) is 7.85. The maximum absolute atomic E-state index is 8.89. The predicted octanol–water partition coefficient (Wildman–Crippen LogP) is 1.35. The van der Waals surface area contributed by atoms with Crippen molar-refractivity contribution in [1.82, 2.24) is 4.98 Å². The normalized spacial score (nSPS) is 15.9. The van der Waals surface area contributed by atoms with Crippen LogP contribution in [-0.4, -0.2) is 31.3 Å². The first kappa shape index (κ1) is 10.9. The number of aromatic nitrogens is 1. The monoisotopic (exact) mass is 217 g/mol. The molecule has 1 fully saturated rings. The van der Waals surface area contributed by atoms with Gasteiger partial charge < -0.3 is 9.64 Å². The fourth-order valence-electron chi connectivity index (χ4n) is 1.89. The summed E-state index contributed by atoms with van der Waals surface area (Å²) in [5.74, 6) is 0. The molecule has 0 atom stereocenters. The molecule has 0 saturated carbocycles. The van der Waals surface area contributed by atoms with Crippen molar-refractivity contribution in [3.8, 4) is 6.07 Å². The van der Waals surface area contributed by atoms with Gasteiger partial charge in [-0.2, -0.15) is 5.26 Å². The fraction of sp³-hybridized carbons (Fsp3) is 0.500. The van der Waals surface area contributed by atoms with Gasteiger partial charge in [-0.3, -0.25) is 4.98 Å². The van der Waals surface area contributed by atoms with Crippen LogP contribution in [0.4, 0.5) is 5.69 Å². The summed E-state index contributed by atoms with van der Waals surface area (Å²) in [5.41, 5.74) is 2.77. The minimum atomic E-state index is 0.624. The summed E-state index contributed by atoms with van der Waals surface area (Å²) in [6.07, 6.45) is 2.53. The number of pyridine rings is 1. The molecule has 4 nitrogen and oxygen atoms in total. The van der Waals surface area contributed by atoms with E-state index in [-0.39, 0.29) is 0 Å². The molecule has 84 valence electrons. The number of rotatable bonds is 2. The smallest absolute Gasteiger partial charge is 0.101 e. The molecule has 0 unspecified atom stereocenters. The van der Waals surface area contributed by atoms with Crippen LogP contribution in [0.2, 0.25) is 0 Å². The van der Waals surface area contributed by atoms with Crippen molar-refractivity contribution in [1.29, 1.82) is 5.26 Å². The van der Waals surface area contributed by atoms with Gasteiger partial charge in [0.2, 0.25) is 0 Å². The highest BCUT2D eigenvalue weighted by atomic mass is 16.5. The summed E-state index contributed by atoms with van der Waals surface area (Å²) in [4.78, 5) is 6.58. The van der Waals surface area contributed by atoms with Gasteiger partial charge in [-0.25, -0.2) is 0 Å². The van der Waals surface area contributed by atoms with Crippen LogP contribution in [0.5, 0.6) is 0 Å². The Labute approximate surface area is 95.5 Å². The number of hydrogen-bond donors (Lipinski definition) is 0. The van der Waals surface area contributed by atoms with Gasteiger partial charge >= 0.3 is 0 Å². The minimum absolute atomic E-state index is 0.624. The second kappa shape index (κ2) is 4.95. The third kappa shape index (κ3) is 2.15. The van der Waals surface area contributed by atoms with E-state index >= 15 is 0 Å². The van der Waals surface area contributed by atoms with Crippen LogP contribution in [0.3, 0.4) is 0 Å². The van der Waals surface area contributed by atoms with Crippen molar-refractivity contribution >= 4 is 5.69 Å². The van der Waals surface area contributed by atoms with Gasteiger partial charge in [0, 0.05) is 19.3 Å². The lowest BCUT2D eigenvalue weighted by molar-refractivity contribution is 0.122. The largest absolute Gasteiger partial charge is 0.378 e. The summed E-state index contributed by atoms with van der Waals surface area (Å²) in [5, 5.41) is 8.89. The lowest BCUT2D eigenvalue weighted by atomic mass is 10.1. The molecule has 0 aromatic carbocycles. The molecule has 4 heteroatoms. The highest BCUT2D eigenvalue weighted by Gasteiger charge is 2.15. The Balaban J connectivity index is 2.32. The Kier molecular flexibility index (Phi) is 3.37. The van der Waals surface area contributed by atoms with E-state index < -0.39 is 0 Å². The van der Waals surface area contributed by atoms with Gasteiger partial charge in [0.15, 0.2) is 0 Å². The number of anilines is 1. The van der Waals surface area contributed by atoms with Crippen LogP contribution < -0.4 is 4.90 Å². The number of hydrogen-bond acceptors (Lipinski definition) is 4. The standard InChI is InChI=1S/C12H15N3O/c1-2-11-12(7-10(8-13)9-14-11)15-3-5-16-6-4-15/h7,9H,2-6H2,1H3. The minimum Gasteiger partial charge on any atom is -0.378 e. The van der Waals surface area contributed by atoms with E-state index in [0.29, 0.717) is 5.56 Å². The van der Waals surface area contributed by atoms with Gasteiger partial charge in [-0.15, -0.1) is 0 Å². The second-order valence-electron chi connectivity index (χ2n) is 3.75. The fourth-order valence-corrected chi connectivity index (χ4v) is 1.89. The molecule has 0 aliphatic carbocycles. The molecule has 1 aliphatic heterocycles. The first-order valence-electron chi connectivity index (χ1n) is 5.57. The lowest BCUT2D eigenvalue weighted by Crippen LogP contribution is -2.37. The molecule has 1 aliphatic rings. The summed E-state index contributed by atoms with van der Waals surface area (Å²) >= 11 is 0. The zero-order chi connectivity index (χ0) is 11.4. The number of nitrogens with zero attached hydrogens (tertiary/aromatic N) is 3. The summed E-state index contributed by atoms with van der Waals surface area (Å²) in [6, 6.07) is 4.07. The molecule has 1 saturated heterocycles. The van der Waals surface area contributed by atoms with E-state index in [1.165, 1.54) is 0 Å². The van der Waals surface area contributed by atoms with Crippen molar-refractivity contribution in [2.24, 2.45) is 0 Å². The van der Waals surface area contributed by atoms with Crippen molar-refractivity contribution in [3.63, 3.8) is 0 Å². The first-order valence-corrected chi connectivity index (χ1v) is 5.57. The van der Waals surface area contributed by atoms with Crippen molar-refractivity contribution < 1.29 is 4.74 Å². The van der Waals surface area contributed by atoms with Crippen LogP contribution >= 0.6 is 0 Å². The third-order valence-corrected chi connectivity index (χ3v) is 2.76. The van der Waals surface area contributed by atoms with Gasteiger partial charge in [0.05, 0.1) is 30.2 Å². The molecule has 0 N–H and O–H groups in total. The van der Waals surface area contributed by atoms with E-state index in [9.17, 15) is 0 Å². The van der Waals surface area contributed by atoms with Crippen molar-refractivity contribution in [3.05, 3.63) is 23.5 Å². The third-order valence-electron chi connectivity index (χ3n) is 2.76. The molecule has 1 aromatic rings. The molecule has 0 radical (unpaired) electrons. The maximum Gasteiger partial charge on any atom is 0.101 e. The summed E-state index contributed by atoms with van der Waals surface area (Å²) in [7, 11) is 0. The molecule has 1 aromatic heterocycles. The highest BCUT2D eigenvalue weighted by Crippen LogP contribution is 2.21. The molecular weight excluding hydrogens is 202 g/mol. The molecule has 16 heavy (non-hydrogen) atoms. The van der Waals surface area contributed by atoms with Crippen LogP contribution in [0.15, 0.2) is 12.3 Å². The van der Waals surface area contributed by atoms with Gasteiger partial charge in [-0.1, -0.05) is 6.92 Å². The summed E-state index contributed by atoms with van der Waals surface area (Å²) in [6.45, 7) is 5.34. The molecular formula is C12H15N3O. The molecule has 0 amide bonds. The van der Waals surface area contributed by atoms with Gasteiger partial charge in [-0.05, 0) is 12.5 Å². The van der Waals surface area contributed by atoms with E-state index in [0.717, 1.165) is 44.1 Å². The quantitative estimate of drug-likeness (QED) is 0.750. The Morgan fingerprint density at radius 3 is 2.88 bits per heavy atom. The van der Waals surface area contributed by atoms with Crippen LogP contribution in [-0.2, 0) is 11.2 Å². The topological polar surface area (TPSA) is 49.2 Å². The van der Waals surface area contributed by atoms with Gasteiger partial charge in [0.25, 0.3) is 0 Å². The molecule has 0 spiro atoms. The zero-order valence-corrected chi connectivity index (χ0v) is 9.44. The number of nitriles is 1. The van der Waals surface area contributed by atoms with Gasteiger partial charge in [0.1, 0.15) is 6.07 Å². The van der Waals surface area contributed by atoms with Crippen molar-refractivity contribution in [2.75, 3.05) is 31.2 Å². The predicted molar refractivity (Wildman–Crippen MR) is 61.4 cm³/mol. The van der Waals surface area contributed by atoms with E-state index in [2.05, 4.69) is 22.9 Å². The van der Waals surface area contributed by atoms with Crippen LogP contribution in [0, 0.1) is 11.3 Å². The molecule has 0 bridgehead atoms. The average molecular weight is 217 g/mol. The van der Waals surface area contributed by atoms with Crippen LogP contribution in [0.1, 0.15) is 18.2 Å². The Morgan fingerprint density at radius 1 is 1.50 bits per heavy atom. The molecule has 2 rings (SSSR count). The second-order valence-corrected chi connectivity index (χ2v) is 3.75. The lowest BCUT2D eigenvalue weighted by Gasteiger charge is -2.30. The average Bonchev–Trinajstić information content (AvgIpc) is 2.39. The number of morpholine rings is 1. The highest BCUT2D eigenvalue weighted by molar-refractivity contribution is 5.54. The number of ether oxygens (including phenoxy) is 1. The maximum atomic E-state index is 8.89. The summed E-state index contributed by atoms with van der Waals surface area (Å²) < 4.78 is 5.32. The SMILES string of the molecule is CCc1ncc(C#N)cc1N1CCOCC1. The van der Waals surface area contributed by atoms with Crippen LogP contribution in [0.25, 0.3) is 0 Å². The molecule has 2 heterocycles. The van der Waals surface area contributed by atoms with Crippen molar-refractivity contribution in [2.45, 2.75) is 13.3 Å². The Hall–Kier alpha value is -1.60.